The highest BCUT2D eigenvalue weighted by Crippen LogP contribution is 2.60. The normalized spacial score (nSPS) is 32.6. The summed E-state index contributed by atoms with van der Waals surface area (Å²) in [7, 11) is 0. The molecule has 0 unspecified atom stereocenters. The van der Waals surface area contributed by atoms with Crippen LogP contribution in [-0.4, -0.2) is 16.2 Å². The number of carbonyl (C=O) groups is 1. The molecule has 0 saturated heterocycles. The van der Waals surface area contributed by atoms with Crippen molar-refractivity contribution in [3.05, 3.63) is 42.5 Å². The monoisotopic (exact) mass is 334 g/mol. The largest absolute Gasteiger partial charge is 0.405 e. The van der Waals surface area contributed by atoms with Gasteiger partial charge in [0.1, 0.15) is 0 Å². The van der Waals surface area contributed by atoms with E-state index in [0.29, 0.717) is 5.88 Å². The Kier molecular flexibility index (Phi) is 3.40. The van der Waals surface area contributed by atoms with E-state index in [2.05, 4.69) is 10.2 Å². The molecule has 2 aromatic rings. The minimum Gasteiger partial charge on any atom is -0.405 e. The van der Waals surface area contributed by atoms with Gasteiger partial charge in [-0.05, 0) is 62.3 Å². The minimum atomic E-state index is -0.255. The molecule has 1 aromatic heterocycles. The summed E-state index contributed by atoms with van der Waals surface area (Å²) in [5.74, 6) is 2.43. The molecule has 0 amide bonds. The van der Waals surface area contributed by atoms with Crippen molar-refractivity contribution >= 4 is 5.97 Å². The van der Waals surface area contributed by atoms with Gasteiger partial charge >= 0.3 is 5.97 Å². The second-order valence-corrected chi connectivity index (χ2v) is 8.21. The Bertz CT molecular complexity index is 750. The van der Waals surface area contributed by atoms with E-state index in [1.807, 2.05) is 36.4 Å². The Morgan fingerprint density at radius 1 is 0.880 bits per heavy atom. The highest BCUT2D eigenvalue weighted by molar-refractivity contribution is 5.79. The van der Waals surface area contributed by atoms with E-state index < -0.39 is 0 Å². The van der Waals surface area contributed by atoms with Crippen molar-refractivity contribution in [2.75, 3.05) is 0 Å². The van der Waals surface area contributed by atoms with Crippen molar-refractivity contribution in [3.63, 3.8) is 0 Å². The quantitative estimate of drug-likeness (QED) is 0.787. The number of ether oxygens (including phenoxy) is 1. The van der Waals surface area contributed by atoms with E-state index in [4.69, 9.17) is 4.74 Å². The van der Waals surface area contributed by atoms with Crippen LogP contribution in [0.2, 0.25) is 0 Å². The summed E-state index contributed by atoms with van der Waals surface area (Å²) in [6.45, 7) is 0. The van der Waals surface area contributed by atoms with E-state index in [9.17, 15) is 4.79 Å². The predicted molar refractivity (Wildman–Crippen MR) is 93.7 cm³/mol. The number of esters is 1. The maximum absolute atomic E-state index is 12.9. The molecule has 4 nitrogen and oxygen atoms in total. The third-order valence-electron chi connectivity index (χ3n) is 6.38. The Hall–Kier alpha value is -2.23. The lowest BCUT2D eigenvalue weighted by Crippen LogP contribution is -2.51. The zero-order valence-corrected chi connectivity index (χ0v) is 14.2. The number of hydrogen-bond donors (Lipinski definition) is 0. The molecule has 25 heavy (non-hydrogen) atoms. The molecule has 0 radical (unpaired) electrons. The molecule has 4 heteroatoms. The Morgan fingerprint density at radius 3 is 2.08 bits per heavy atom. The lowest BCUT2D eigenvalue weighted by molar-refractivity contribution is -0.161. The highest BCUT2D eigenvalue weighted by atomic mass is 16.5. The zero-order chi connectivity index (χ0) is 16.9. The van der Waals surface area contributed by atoms with Crippen molar-refractivity contribution in [2.24, 2.45) is 23.2 Å². The number of hydrogen-bond acceptors (Lipinski definition) is 4. The number of rotatable bonds is 3. The van der Waals surface area contributed by atoms with Gasteiger partial charge < -0.3 is 4.74 Å². The number of aromatic nitrogens is 2. The second-order valence-electron chi connectivity index (χ2n) is 8.21. The molecule has 4 saturated carbocycles. The van der Waals surface area contributed by atoms with E-state index in [1.54, 1.807) is 6.07 Å². The van der Waals surface area contributed by atoms with Crippen LogP contribution in [0.5, 0.6) is 5.88 Å². The average Bonchev–Trinajstić information content (AvgIpc) is 2.62. The van der Waals surface area contributed by atoms with Gasteiger partial charge in [0, 0.05) is 11.6 Å². The molecule has 0 atom stereocenters. The molecule has 0 N–H and O–H groups in total. The van der Waals surface area contributed by atoms with Gasteiger partial charge in [-0.3, -0.25) is 4.79 Å². The minimum absolute atomic E-state index is 0.0756. The summed E-state index contributed by atoms with van der Waals surface area (Å²) in [4.78, 5) is 12.9. The first-order valence-corrected chi connectivity index (χ1v) is 9.32. The molecule has 4 bridgehead atoms. The summed E-state index contributed by atoms with van der Waals surface area (Å²) in [5, 5.41) is 8.35. The molecule has 4 fully saturated rings. The number of nitrogens with zero attached hydrogens (tertiary/aromatic N) is 2. The van der Waals surface area contributed by atoms with Gasteiger partial charge in [-0.2, -0.15) is 0 Å². The fourth-order valence-corrected chi connectivity index (χ4v) is 5.70. The van der Waals surface area contributed by atoms with Crippen LogP contribution in [0.1, 0.15) is 38.5 Å². The van der Waals surface area contributed by atoms with Crippen LogP contribution < -0.4 is 4.74 Å². The molecular formula is C21H22N2O2. The summed E-state index contributed by atoms with van der Waals surface area (Å²) in [6.07, 6.45) is 6.97. The van der Waals surface area contributed by atoms with Crippen LogP contribution in [0, 0.1) is 23.2 Å². The van der Waals surface area contributed by atoms with Gasteiger partial charge in [0.2, 0.25) is 5.88 Å². The molecule has 128 valence electrons. The summed E-state index contributed by atoms with van der Waals surface area (Å²) < 4.78 is 5.68. The first-order chi connectivity index (χ1) is 12.2. The smallest absolute Gasteiger partial charge is 0.318 e. The predicted octanol–water partition coefficient (Wildman–Crippen LogP) is 4.27. The first kappa shape index (κ1) is 15.1. The van der Waals surface area contributed by atoms with Gasteiger partial charge in [-0.25, -0.2) is 0 Å². The van der Waals surface area contributed by atoms with E-state index >= 15 is 0 Å². The molecule has 1 heterocycles. The maximum Gasteiger partial charge on any atom is 0.318 e. The molecule has 4 aliphatic carbocycles. The summed E-state index contributed by atoms with van der Waals surface area (Å²) >= 11 is 0. The topological polar surface area (TPSA) is 52.1 Å². The Balaban J connectivity index is 1.33. The Morgan fingerprint density at radius 2 is 1.52 bits per heavy atom. The molecule has 0 aliphatic heterocycles. The van der Waals surface area contributed by atoms with Crippen LogP contribution in [-0.2, 0) is 4.79 Å². The Labute approximate surface area is 147 Å². The summed E-state index contributed by atoms with van der Waals surface area (Å²) in [6, 6.07) is 13.5. The van der Waals surface area contributed by atoms with Crippen molar-refractivity contribution in [1.82, 2.24) is 10.2 Å². The highest BCUT2D eigenvalue weighted by Gasteiger charge is 2.55. The second kappa shape index (κ2) is 5.65. The van der Waals surface area contributed by atoms with Crippen LogP contribution in [0.25, 0.3) is 11.3 Å². The van der Waals surface area contributed by atoms with Crippen molar-refractivity contribution < 1.29 is 9.53 Å². The summed E-state index contributed by atoms with van der Waals surface area (Å²) in [5.41, 5.74) is 1.54. The van der Waals surface area contributed by atoms with Crippen LogP contribution in [0.3, 0.4) is 0 Å². The van der Waals surface area contributed by atoms with Crippen molar-refractivity contribution in [2.45, 2.75) is 38.5 Å². The maximum atomic E-state index is 12.9. The third kappa shape index (κ3) is 2.64. The fraction of sp³-hybridized carbons (Fsp3) is 0.476. The van der Waals surface area contributed by atoms with E-state index in [-0.39, 0.29) is 11.4 Å². The molecule has 6 rings (SSSR count). The molecule has 1 aromatic carbocycles. The van der Waals surface area contributed by atoms with E-state index in [0.717, 1.165) is 48.3 Å². The van der Waals surface area contributed by atoms with Gasteiger partial charge in [0.25, 0.3) is 0 Å². The average molecular weight is 334 g/mol. The lowest BCUT2D eigenvalue weighted by Gasteiger charge is -2.55. The first-order valence-electron chi connectivity index (χ1n) is 9.32. The lowest BCUT2D eigenvalue weighted by atomic mass is 9.49. The SMILES string of the molecule is O=C(Oc1ccc(-c2ccccc2)nn1)C12CC3CC(CC(C3)C1)C2. The third-order valence-corrected chi connectivity index (χ3v) is 6.38. The van der Waals surface area contributed by atoms with Crippen LogP contribution in [0.15, 0.2) is 42.5 Å². The van der Waals surface area contributed by atoms with Gasteiger partial charge in [0.15, 0.2) is 0 Å². The number of benzene rings is 1. The van der Waals surface area contributed by atoms with Gasteiger partial charge in [-0.1, -0.05) is 30.3 Å². The zero-order valence-electron chi connectivity index (χ0n) is 14.2. The van der Waals surface area contributed by atoms with Crippen molar-refractivity contribution in [1.29, 1.82) is 0 Å². The van der Waals surface area contributed by atoms with Crippen LogP contribution >= 0.6 is 0 Å². The van der Waals surface area contributed by atoms with Crippen molar-refractivity contribution in [3.8, 4) is 17.1 Å². The van der Waals surface area contributed by atoms with Crippen LogP contribution in [0.4, 0.5) is 0 Å². The van der Waals surface area contributed by atoms with E-state index in [1.165, 1.54) is 19.3 Å². The molecular weight excluding hydrogens is 312 g/mol. The molecule has 0 spiro atoms. The van der Waals surface area contributed by atoms with Gasteiger partial charge in [-0.15, -0.1) is 10.2 Å². The standard InChI is InChI=1S/C21H22N2O2/c24-20(21-11-14-8-15(12-21)10-16(9-14)13-21)25-19-7-6-18(22-23-19)17-4-2-1-3-5-17/h1-7,14-16H,8-13H2. The molecule has 4 aliphatic rings. The number of carbonyl (C=O) groups excluding carboxylic acids is 1. The van der Waals surface area contributed by atoms with Gasteiger partial charge in [0.05, 0.1) is 11.1 Å². The fourth-order valence-electron chi connectivity index (χ4n) is 5.70.